The van der Waals surface area contributed by atoms with Gasteiger partial charge in [0.1, 0.15) is 0 Å². The first-order valence-electron chi connectivity index (χ1n) is 6.38. The molecule has 1 amide bonds. The van der Waals surface area contributed by atoms with Crippen molar-refractivity contribution >= 4 is 29.2 Å². The van der Waals surface area contributed by atoms with Crippen LogP contribution in [0.1, 0.15) is 11.1 Å². The molecule has 0 bridgehead atoms. The molecule has 0 saturated carbocycles. The van der Waals surface area contributed by atoms with Gasteiger partial charge in [-0.15, -0.1) is 0 Å². The molecule has 2 rings (SSSR count). The molecule has 2 N–H and O–H groups in total. The molecule has 0 heterocycles. The topological polar surface area (TPSA) is 66.4 Å². The van der Waals surface area contributed by atoms with Gasteiger partial charge in [-0.25, -0.2) is 0 Å². The highest BCUT2D eigenvalue weighted by Crippen LogP contribution is 2.13. The van der Waals surface area contributed by atoms with Gasteiger partial charge in [-0.3, -0.25) is 9.59 Å². The van der Waals surface area contributed by atoms with E-state index in [1.54, 1.807) is 42.5 Å². The molecular weight excluding hydrogens is 290 g/mol. The van der Waals surface area contributed by atoms with Gasteiger partial charge in [0.05, 0.1) is 12.8 Å². The summed E-state index contributed by atoms with van der Waals surface area (Å²) in [5, 5.41) is 12.0. The van der Waals surface area contributed by atoms with E-state index < -0.39 is 5.97 Å². The van der Waals surface area contributed by atoms with Crippen molar-refractivity contribution in [3.05, 3.63) is 64.7 Å². The Labute approximate surface area is 127 Å². The van der Waals surface area contributed by atoms with Crippen LogP contribution in [-0.4, -0.2) is 17.0 Å². The summed E-state index contributed by atoms with van der Waals surface area (Å²) < 4.78 is 0. The van der Waals surface area contributed by atoms with Crippen molar-refractivity contribution in [2.75, 3.05) is 5.32 Å². The van der Waals surface area contributed by atoms with Crippen LogP contribution in [0.2, 0.25) is 5.02 Å². The summed E-state index contributed by atoms with van der Waals surface area (Å²) in [5.74, 6) is -1.03. The van der Waals surface area contributed by atoms with Crippen LogP contribution in [0.15, 0.2) is 48.5 Å². The van der Waals surface area contributed by atoms with E-state index in [2.05, 4.69) is 5.32 Å². The molecule has 0 aliphatic rings. The van der Waals surface area contributed by atoms with Crippen molar-refractivity contribution in [2.45, 2.75) is 12.8 Å². The number of hydrogen-bond donors (Lipinski definition) is 2. The summed E-state index contributed by atoms with van der Waals surface area (Å²) >= 11 is 5.87. The Balaban J connectivity index is 1.95. The number of anilines is 1. The first-order chi connectivity index (χ1) is 10.0. The zero-order valence-electron chi connectivity index (χ0n) is 11.2. The Kier molecular flexibility index (Phi) is 4.95. The molecular formula is C16H14ClNO3. The molecule has 0 aliphatic heterocycles. The zero-order chi connectivity index (χ0) is 15.2. The molecule has 2 aromatic rings. The summed E-state index contributed by atoms with van der Waals surface area (Å²) in [7, 11) is 0. The van der Waals surface area contributed by atoms with E-state index in [-0.39, 0.29) is 18.7 Å². The zero-order valence-corrected chi connectivity index (χ0v) is 11.9. The Morgan fingerprint density at radius 3 is 2.33 bits per heavy atom. The standard InChI is InChI=1S/C16H14ClNO3/c17-13-3-1-2-12(8-13)9-15(19)18-14-6-4-11(5-7-14)10-16(20)21/h1-8H,9-10H2,(H,18,19)(H,20,21). The van der Waals surface area contributed by atoms with Crippen molar-refractivity contribution in [1.82, 2.24) is 0 Å². The first-order valence-corrected chi connectivity index (χ1v) is 6.76. The molecule has 0 unspecified atom stereocenters. The van der Waals surface area contributed by atoms with E-state index in [4.69, 9.17) is 16.7 Å². The number of aliphatic carboxylic acids is 1. The largest absolute Gasteiger partial charge is 0.481 e. The van der Waals surface area contributed by atoms with Crippen LogP contribution in [0.4, 0.5) is 5.69 Å². The summed E-state index contributed by atoms with van der Waals surface area (Å²) in [4.78, 5) is 22.5. The molecule has 0 aromatic heterocycles. The van der Waals surface area contributed by atoms with Crippen LogP contribution >= 0.6 is 11.6 Å². The molecule has 0 spiro atoms. The van der Waals surface area contributed by atoms with Gasteiger partial charge in [0.2, 0.25) is 5.91 Å². The lowest BCUT2D eigenvalue weighted by molar-refractivity contribution is -0.136. The van der Waals surface area contributed by atoms with Crippen LogP contribution < -0.4 is 5.32 Å². The third-order valence-electron chi connectivity index (χ3n) is 2.85. The smallest absolute Gasteiger partial charge is 0.307 e. The van der Waals surface area contributed by atoms with E-state index in [9.17, 15) is 9.59 Å². The quantitative estimate of drug-likeness (QED) is 0.891. The number of rotatable bonds is 5. The van der Waals surface area contributed by atoms with Crippen LogP contribution in [0, 0.1) is 0 Å². The Morgan fingerprint density at radius 1 is 1.00 bits per heavy atom. The number of carboxylic acids is 1. The highest BCUT2D eigenvalue weighted by atomic mass is 35.5. The maximum Gasteiger partial charge on any atom is 0.307 e. The van der Waals surface area contributed by atoms with Crippen molar-refractivity contribution in [3.8, 4) is 0 Å². The lowest BCUT2D eigenvalue weighted by atomic mass is 10.1. The van der Waals surface area contributed by atoms with Gasteiger partial charge in [-0.2, -0.15) is 0 Å². The Bertz CT molecular complexity index is 653. The van der Waals surface area contributed by atoms with Crippen molar-refractivity contribution < 1.29 is 14.7 Å². The van der Waals surface area contributed by atoms with Gasteiger partial charge in [0.15, 0.2) is 0 Å². The highest BCUT2D eigenvalue weighted by Gasteiger charge is 2.05. The van der Waals surface area contributed by atoms with Crippen LogP contribution in [-0.2, 0) is 22.4 Å². The van der Waals surface area contributed by atoms with Crippen molar-refractivity contribution in [1.29, 1.82) is 0 Å². The van der Waals surface area contributed by atoms with Gasteiger partial charge in [0.25, 0.3) is 0 Å². The van der Waals surface area contributed by atoms with E-state index >= 15 is 0 Å². The maximum absolute atomic E-state index is 11.9. The fourth-order valence-corrected chi connectivity index (χ4v) is 2.13. The van der Waals surface area contributed by atoms with Crippen LogP contribution in [0.25, 0.3) is 0 Å². The first kappa shape index (κ1) is 15.1. The average Bonchev–Trinajstić information content (AvgIpc) is 2.40. The summed E-state index contributed by atoms with van der Waals surface area (Å²) in [6, 6.07) is 13.9. The molecule has 2 aromatic carbocycles. The molecule has 21 heavy (non-hydrogen) atoms. The predicted molar refractivity (Wildman–Crippen MR) is 81.6 cm³/mol. The van der Waals surface area contributed by atoms with E-state index in [1.807, 2.05) is 6.07 Å². The van der Waals surface area contributed by atoms with Crippen molar-refractivity contribution in [3.63, 3.8) is 0 Å². The lowest BCUT2D eigenvalue weighted by Gasteiger charge is -2.06. The van der Waals surface area contributed by atoms with Crippen LogP contribution in [0.3, 0.4) is 0 Å². The minimum absolute atomic E-state index is 0.0310. The molecule has 0 aliphatic carbocycles. The fraction of sp³-hybridized carbons (Fsp3) is 0.125. The summed E-state index contributed by atoms with van der Waals surface area (Å²) in [6.07, 6.45) is 0.203. The molecule has 0 saturated heterocycles. The molecule has 0 radical (unpaired) electrons. The lowest BCUT2D eigenvalue weighted by Crippen LogP contribution is -2.14. The second-order valence-corrected chi connectivity index (χ2v) is 5.06. The third kappa shape index (κ3) is 4.93. The molecule has 108 valence electrons. The second kappa shape index (κ2) is 6.90. The Hall–Kier alpha value is -2.33. The summed E-state index contributed by atoms with van der Waals surface area (Å²) in [5.41, 5.74) is 2.16. The number of amides is 1. The highest BCUT2D eigenvalue weighted by molar-refractivity contribution is 6.30. The number of benzene rings is 2. The van der Waals surface area contributed by atoms with Gasteiger partial charge >= 0.3 is 5.97 Å². The fourth-order valence-electron chi connectivity index (χ4n) is 1.92. The monoisotopic (exact) mass is 303 g/mol. The predicted octanol–water partition coefficient (Wildman–Crippen LogP) is 3.15. The van der Waals surface area contributed by atoms with Crippen LogP contribution in [0.5, 0.6) is 0 Å². The number of carboxylic acid groups (broad SMARTS) is 1. The van der Waals surface area contributed by atoms with E-state index in [0.717, 1.165) is 5.56 Å². The normalized spacial score (nSPS) is 10.1. The van der Waals surface area contributed by atoms with Gasteiger partial charge < -0.3 is 10.4 Å². The SMILES string of the molecule is O=C(O)Cc1ccc(NC(=O)Cc2cccc(Cl)c2)cc1. The minimum atomic E-state index is -0.882. The molecule has 0 fully saturated rings. The van der Waals surface area contributed by atoms with Gasteiger partial charge in [-0.05, 0) is 35.4 Å². The summed E-state index contributed by atoms with van der Waals surface area (Å²) in [6.45, 7) is 0. The number of carbonyl (C=O) groups is 2. The average molecular weight is 304 g/mol. The number of nitrogens with one attached hydrogen (secondary N) is 1. The number of hydrogen-bond acceptors (Lipinski definition) is 2. The number of carbonyl (C=O) groups excluding carboxylic acids is 1. The minimum Gasteiger partial charge on any atom is -0.481 e. The Morgan fingerprint density at radius 2 is 1.71 bits per heavy atom. The molecule has 5 heteroatoms. The van der Waals surface area contributed by atoms with Gasteiger partial charge in [0, 0.05) is 10.7 Å². The van der Waals surface area contributed by atoms with Crippen molar-refractivity contribution in [2.24, 2.45) is 0 Å². The van der Waals surface area contributed by atoms with Gasteiger partial charge in [-0.1, -0.05) is 35.9 Å². The van der Waals surface area contributed by atoms with E-state index in [1.165, 1.54) is 0 Å². The second-order valence-electron chi connectivity index (χ2n) is 4.62. The maximum atomic E-state index is 11.9. The molecule has 4 nitrogen and oxygen atoms in total. The molecule has 0 atom stereocenters. The number of halogens is 1. The third-order valence-corrected chi connectivity index (χ3v) is 3.08. The van der Waals surface area contributed by atoms with E-state index in [0.29, 0.717) is 16.3 Å².